The van der Waals surface area contributed by atoms with Crippen molar-refractivity contribution >= 4 is 58.3 Å². The number of hydrogen-bond acceptors (Lipinski definition) is 12. The van der Waals surface area contributed by atoms with Gasteiger partial charge in [-0.3, -0.25) is 28.9 Å². The largest absolute Gasteiger partial charge is 0.417 e. The number of thiazole rings is 1. The van der Waals surface area contributed by atoms with Crippen LogP contribution in [0.1, 0.15) is 86.6 Å². The van der Waals surface area contributed by atoms with Gasteiger partial charge in [0.25, 0.3) is 11.8 Å². The monoisotopic (exact) mass is 1020 g/mol. The number of anilines is 2. The van der Waals surface area contributed by atoms with Crippen LogP contribution in [0.5, 0.6) is 0 Å². The fraction of sp³-hybridized carbons (Fsp3) is 0.440. The number of β-amino-alcohol motifs (C(OH)–C–C–N with tert-alkyl or cyclic N) is 1. The number of alkyl halides is 3. The molecule has 0 aliphatic carbocycles. The average molecular weight is 1020 g/mol. The molecule has 6 rings (SSSR count). The minimum atomic E-state index is -4.95. The van der Waals surface area contributed by atoms with Crippen LogP contribution in [-0.2, 0) is 41.4 Å². The third-order valence-corrected chi connectivity index (χ3v) is 13.1. The summed E-state index contributed by atoms with van der Waals surface area (Å²) < 4.78 is 67.4. The highest BCUT2D eigenvalue weighted by Crippen LogP contribution is 2.40. The van der Waals surface area contributed by atoms with Crippen molar-refractivity contribution in [3.05, 3.63) is 99.9 Å². The number of aromatic nitrogens is 1. The highest BCUT2D eigenvalue weighted by molar-refractivity contribution is 7.13. The van der Waals surface area contributed by atoms with Crippen LogP contribution in [0.15, 0.2) is 66.2 Å². The number of urea groups is 1. The summed E-state index contributed by atoms with van der Waals surface area (Å²) in [7, 11) is 0. The van der Waals surface area contributed by atoms with Gasteiger partial charge >= 0.3 is 12.2 Å². The maximum Gasteiger partial charge on any atom is 0.417 e. The molecule has 2 fully saturated rings. The normalized spacial score (nSPS) is 17.2. The van der Waals surface area contributed by atoms with E-state index in [-0.39, 0.29) is 64.6 Å². The van der Waals surface area contributed by atoms with E-state index >= 15 is 4.39 Å². The van der Waals surface area contributed by atoms with Gasteiger partial charge < -0.3 is 35.4 Å². The van der Waals surface area contributed by atoms with E-state index < -0.39 is 99.1 Å². The van der Waals surface area contributed by atoms with Gasteiger partial charge in [0.15, 0.2) is 0 Å². The van der Waals surface area contributed by atoms with Crippen LogP contribution in [0.3, 0.4) is 0 Å². The lowest BCUT2D eigenvalue weighted by Crippen LogP contribution is -2.57. The number of nitrogens with zero attached hydrogens (tertiary/aromatic N) is 5. The van der Waals surface area contributed by atoms with Crippen molar-refractivity contribution in [2.75, 3.05) is 49.3 Å². The summed E-state index contributed by atoms with van der Waals surface area (Å²) in [6, 6.07) is 11.8. The maximum absolute atomic E-state index is 15.4. The lowest BCUT2D eigenvalue weighted by Gasteiger charge is -2.35. The molecule has 0 bridgehead atoms. The van der Waals surface area contributed by atoms with Crippen molar-refractivity contribution in [1.82, 2.24) is 25.8 Å². The molecule has 22 heteroatoms. The van der Waals surface area contributed by atoms with E-state index in [0.717, 1.165) is 50.9 Å². The molecule has 7 amide bonds. The van der Waals surface area contributed by atoms with Crippen LogP contribution in [0.2, 0.25) is 0 Å². The second-order valence-corrected chi connectivity index (χ2v) is 19.7. The number of carbonyl (C=O) groups excluding carboxylic acids is 6. The Kier molecular flexibility index (Phi) is 17.2. The lowest BCUT2D eigenvalue weighted by atomic mass is 9.85. The summed E-state index contributed by atoms with van der Waals surface area (Å²) in [5.74, 6) is -4.05. The van der Waals surface area contributed by atoms with Gasteiger partial charge in [-0.25, -0.2) is 19.1 Å². The Balaban J connectivity index is 0.894. The second-order valence-electron chi connectivity index (χ2n) is 18.8. The van der Waals surface area contributed by atoms with Gasteiger partial charge in [0.2, 0.25) is 17.7 Å². The first-order chi connectivity index (χ1) is 33.9. The van der Waals surface area contributed by atoms with Crippen LogP contribution in [0.25, 0.3) is 10.4 Å². The molecule has 3 atom stereocenters. The second kappa shape index (κ2) is 22.7. The summed E-state index contributed by atoms with van der Waals surface area (Å²) in [5, 5.41) is 27.9. The number of rotatable bonds is 19. The number of aliphatic hydroxyl groups is 1. The Morgan fingerprint density at radius 1 is 0.958 bits per heavy atom. The van der Waals surface area contributed by atoms with Gasteiger partial charge in [-0.05, 0) is 80.1 Å². The molecule has 2 aliphatic heterocycles. The Bertz CT molecular complexity index is 2720. The standard InChI is InChI=1S/C50H56F4N8O9S/c1-29-41(72-28-58-29)31-11-9-30(10-12-31)26-57-44(66)39-24-35(63)27-60(39)45(67)42(48(2,3)4)59-40(64)8-7-18-70-20-21-71-19-17-56-43(65)36-16-15-34(23-38(36)51)62-47(69)61(46(68)49(62,5)6)33-14-13-32(25-55)37(22-33)50(52,53)54/h9-16,22-23,28,35,39,42,63H,7-8,17-21,24,26-27H2,1-6H3,(H,56,65)(H,57,66)(H,59,64)/t35-,39+,42?/m1/s1. The van der Waals surface area contributed by atoms with Gasteiger partial charge in [0, 0.05) is 44.8 Å². The molecule has 0 spiro atoms. The van der Waals surface area contributed by atoms with Crippen molar-refractivity contribution < 1.29 is 60.9 Å². The van der Waals surface area contributed by atoms with Crippen molar-refractivity contribution in [1.29, 1.82) is 5.26 Å². The molecule has 0 saturated carbocycles. The summed E-state index contributed by atoms with van der Waals surface area (Å²) in [6.45, 7) is 10.6. The molecular weight excluding hydrogens is 965 g/mol. The van der Waals surface area contributed by atoms with Gasteiger partial charge in [0.05, 0.1) is 70.5 Å². The van der Waals surface area contributed by atoms with E-state index in [2.05, 4.69) is 20.9 Å². The number of aliphatic hydroxyl groups excluding tert-OH is 1. The zero-order chi connectivity index (χ0) is 52.7. The zero-order valence-corrected chi connectivity index (χ0v) is 41.3. The van der Waals surface area contributed by atoms with Crippen molar-refractivity contribution in [2.24, 2.45) is 5.41 Å². The molecule has 72 heavy (non-hydrogen) atoms. The molecule has 17 nitrogen and oxygen atoms in total. The molecule has 0 radical (unpaired) electrons. The van der Waals surface area contributed by atoms with Crippen LogP contribution in [0, 0.1) is 29.5 Å². The SMILES string of the molecule is Cc1ncsc1-c1ccc(CNC(=O)[C@@H]2C[C@@H](O)CN2C(=O)C(NC(=O)CCCOCCOCCNC(=O)c2ccc(N3C(=O)N(c4ccc(C#N)c(C(F)(F)F)c4)C(=O)C3(C)C)cc2F)C(C)(C)C)cc1. The van der Waals surface area contributed by atoms with Crippen molar-refractivity contribution in [2.45, 2.75) is 97.3 Å². The van der Waals surface area contributed by atoms with Crippen LogP contribution in [0.4, 0.5) is 33.7 Å². The minimum Gasteiger partial charge on any atom is -0.391 e. The molecule has 1 aromatic heterocycles. The number of nitriles is 1. The topological polar surface area (TPSA) is 224 Å². The number of likely N-dealkylation sites (tertiary alicyclic amines) is 1. The Morgan fingerprint density at radius 2 is 1.64 bits per heavy atom. The van der Waals surface area contributed by atoms with E-state index in [0.29, 0.717) is 17.4 Å². The molecule has 4 N–H and O–H groups in total. The van der Waals surface area contributed by atoms with Crippen molar-refractivity contribution in [3.63, 3.8) is 0 Å². The minimum absolute atomic E-state index is 0.0234. The zero-order valence-electron chi connectivity index (χ0n) is 40.5. The Labute approximate surface area is 417 Å². The van der Waals surface area contributed by atoms with E-state index in [9.17, 15) is 47.0 Å². The number of aryl methyl sites for hydroxylation is 1. The van der Waals surface area contributed by atoms with E-state index in [4.69, 9.17) is 14.7 Å². The molecule has 3 aromatic carbocycles. The Morgan fingerprint density at radius 3 is 2.26 bits per heavy atom. The predicted octanol–water partition coefficient (Wildman–Crippen LogP) is 6.25. The fourth-order valence-corrected chi connectivity index (χ4v) is 9.10. The van der Waals surface area contributed by atoms with E-state index in [1.807, 2.05) is 31.2 Å². The van der Waals surface area contributed by atoms with Crippen LogP contribution in [-0.4, -0.2) is 114 Å². The van der Waals surface area contributed by atoms with Crippen LogP contribution < -0.4 is 25.8 Å². The summed E-state index contributed by atoms with van der Waals surface area (Å²) >= 11 is 1.54. The number of ether oxygens (including phenoxy) is 2. The molecule has 1 unspecified atom stereocenters. The first-order valence-electron chi connectivity index (χ1n) is 23.0. The molecule has 384 valence electrons. The van der Waals surface area contributed by atoms with Crippen molar-refractivity contribution in [3.8, 4) is 16.5 Å². The van der Waals surface area contributed by atoms with Gasteiger partial charge in [0.1, 0.15) is 23.4 Å². The molecule has 3 heterocycles. The third-order valence-electron chi connectivity index (χ3n) is 12.1. The number of halogens is 4. The van der Waals surface area contributed by atoms with Crippen LogP contribution >= 0.6 is 11.3 Å². The number of carbonyl (C=O) groups is 6. The molecule has 2 saturated heterocycles. The van der Waals surface area contributed by atoms with E-state index in [1.54, 1.807) is 37.6 Å². The average Bonchev–Trinajstić information content (AvgIpc) is 3.99. The highest BCUT2D eigenvalue weighted by atomic mass is 32.1. The summed E-state index contributed by atoms with van der Waals surface area (Å²) in [6.07, 6.45) is -5.46. The molecule has 2 aliphatic rings. The number of imide groups is 1. The number of amides is 7. The smallest absolute Gasteiger partial charge is 0.391 e. The third kappa shape index (κ3) is 12.6. The number of hydrogen-bond donors (Lipinski definition) is 4. The predicted molar refractivity (Wildman–Crippen MR) is 257 cm³/mol. The summed E-state index contributed by atoms with van der Waals surface area (Å²) in [5.41, 5.74) is -0.823. The first-order valence-corrected chi connectivity index (χ1v) is 23.9. The molecular formula is C50H56F4N8O9S. The molecule has 4 aromatic rings. The number of nitrogens with one attached hydrogen (secondary N) is 3. The van der Waals surface area contributed by atoms with Gasteiger partial charge in [-0.15, -0.1) is 11.3 Å². The van der Waals surface area contributed by atoms with Gasteiger partial charge in [-0.2, -0.15) is 18.4 Å². The fourth-order valence-electron chi connectivity index (χ4n) is 8.29. The quantitative estimate of drug-likeness (QED) is 0.0467. The maximum atomic E-state index is 15.4. The number of benzene rings is 3. The summed E-state index contributed by atoms with van der Waals surface area (Å²) in [4.78, 5) is 88.3. The Hall–Kier alpha value is -6.80. The van der Waals surface area contributed by atoms with Gasteiger partial charge in [-0.1, -0.05) is 45.0 Å². The lowest BCUT2D eigenvalue weighted by molar-refractivity contribution is -0.144. The van der Waals surface area contributed by atoms with E-state index in [1.165, 1.54) is 30.9 Å². The first kappa shape index (κ1) is 54.5. The highest BCUT2D eigenvalue weighted by Gasteiger charge is 2.53.